The third-order valence-electron chi connectivity index (χ3n) is 2.96. The molecule has 0 bridgehead atoms. The minimum atomic E-state index is 0.455. The maximum Gasteiger partial charge on any atom is 0.0329 e. The fourth-order valence-corrected chi connectivity index (χ4v) is 1.75. The average Bonchev–Trinajstić information content (AvgIpc) is 2.24. The second kappa shape index (κ2) is 5.89. The predicted octanol–water partition coefficient (Wildman–Crippen LogP) is 2.17. The monoisotopic (exact) mass is 206 g/mol. The third-order valence-corrected chi connectivity index (χ3v) is 2.96. The van der Waals surface area contributed by atoms with Crippen LogP contribution in [-0.4, -0.2) is 20.6 Å². The van der Waals surface area contributed by atoms with Gasteiger partial charge in [0.15, 0.2) is 0 Å². The van der Waals surface area contributed by atoms with Crippen LogP contribution in [0.3, 0.4) is 0 Å². The SMILES string of the molecule is CNCCC(NC)c1ccc(C)c(C)c1. The molecule has 0 aliphatic carbocycles. The molecule has 84 valence electrons. The Balaban J connectivity index is 2.78. The molecule has 0 spiro atoms. The first-order valence-electron chi connectivity index (χ1n) is 5.58. The largest absolute Gasteiger partial charge is 0.320 e. The van der Waals surface area contributed by atoms with Gasteiger partial charge in [-0.1, -0.05) is 18.2 Å². The Labute approximate surface area is 93.1 Å². The lowest BCUT2D eigenvalue weighted by Crippen LogP contribution is -2.21. The summed E-state index contributed by atoms with van der Waals surface area (Å²) in [7, 11) is 4.02. The first-order valence-corrected chi connectivity index (χ1v) is 5.58. The number of rotatable bonds is 5. The van der Waals surface area contributed by atoms with Crippen molar-refractivity contribution in [3.05, 3.63) is 34.9 Å². The molecule has 0 aromatic heterocycles. The van der Waals surface area contributed by atoms with Crippen LogP contribution in [0.25, 0.3) is 0 Å². The molecule has 0 aliphatic heterocycles. The predicted molar refractivity (Wildman–Crippen MR) is 66.3 cm³/mol. The van der Waals surface area contributed by atoms with Crippen LogP contribution in [0.4, 0.5) is 0 Å². The van der Waals surface area contributed by atoms with Crippen LogP contribution in [0.2, 0.25) is 0 Å². The molecule has 0 saturated carbocycles. The Bertz CT molecular complexity index is 307. The number of hydrogen-bond donors (Lipinski definition) is 2. The molecule has 1 aromatic rings. The lowest BCUT2D eigenvalue weighted by Gasteiger charge is -2.17. The van der Waals surface area contributed by atoms with Gasteiger partial charge < -0.3 is 10.6 Å². The van der Waals surface area contributed by atoms with Crippen LogP contribution in [0.15, 0.2) is 18.2 Å². The summed E-state index contributed by atoms with van der Waals surface area (Å²) in [5.74, 6) is 0. The molecule has 0 heterocycles. The molecule has 2 N–H and O–H groups in total. The van der Waals surface area contributed by atoms with Crippen molar-refractivity contribution in [3.8, 4) is 0 Å². The Hall–Kier alpha value is -0.860. The third kappa shape index (κ3) is 3.33. The molecule has 0 fully saturated rings. The van der Waals surface area contributed by atoms with Gasteiger partial charge in [-0.25, -0.2) is 0 Å². The van der Waals surface area contributed by atoms with Gasteiger partial charge in [-0.05, 0) is 57.6 Å². The molecule has 0 radical (unpaired) electrons. The van der Waals surface area contributed by atoms with Crippen molar-refractivity contribution in [2.45, 2.75) is 26.3 Å². The van der Waals surface area contributed by atoms with Crippen molar-refractivity contribution in [3.63, 3.8) is 0 Å². The highest BCUT2D eigenvalue weighted by molar-refractivity contribution is 5.31. The second-order valence-electron chi connectivity index (χ2n) is 4.08. The summed E-state index contributed by atoms with van der Waals surface area (Å²) in [6.07, 6.45) is 1.12. The number of aryl methyl sites for hydroxylation is 2. The zero-order chi connectivity index (χ0) is 11.3. The van der Waals surface area contributed by atoms with Crippen molar-refractivity contribution in [2.75, 3.05) is 20.6 Å². The highest BCUT2D eigenvalue weighted by Crippen LogP contribution is 2.19. The smallest absolute Gasteiger partial charge is 0.0329 e. The molecular weight excluding hydrogens is 184 g/mol. The Morgan fingerprint density at radius 1 is 1.13 bits per heavy atom. The maximum absolute atomic E-state index is 3.36. The molecule has 1 aromatic carbocycles. The summed E-state index contributed by atoms with van der Waals surface area (Å²) in [6, 6.07) is 7.16. The molecule has 0 aliphatic rings. The molecule has 15 heavy (non-hydrogen) atoms. The zero-order valence-electron chi connectivity index (χ0n) is 10.2. The maximum atomic E-state index is 3.36. The highest BCUT2D eigenvalue weighted by Gasteiger charge is 2.08. The van der Waals surface area contributed by atoms with Crippen LogP contribution in [0.5, 0.6) is 0 Å². The summed E-state index contributed by atoms with van der Waals surface area (Å²) in [4.78, 5) is 0. The van der Waals surface area contributed by atoms with Crippen LogP contribution < -0.4 is 10.6 Å². The van der Waals surface area contributed by atoms with E-state index in [1.165, 1.54) is 16.7 Å². The van der Waals surface area contributed by atoms with E-state index in [1.54, 1.807) is 0 Å². The zero-order valence-corrected chi connectivity index (χ0v) is 10.2. The molecule has 0 saturated heterocycles. The van der Waals surface area contributed by atoms with E-state index >= 15 is 0 Å². The van der Waals surface area contributed by atoms with Gasteiger partial charge in [-0.2, -0.15) is 0 Å². The van der Waals surface area contributed by atoms with E-state index in [2.05, 4.69) is 42.7 Å². The summed E-state index contributed by atoms with van der Waals surface area (Å²) < 4.78 is 0. The van der Waals surface area contributed by atoms with Gasteiger partial charge in [0.1, 0.15) is 0 Å². The van der Waals surface area contributed by atoms with Gasteiger partial charge in [-0.15, -0.1) is 0 Å². The molecular formula is C13H22N2. The first-order chi connectivity index (χ1) is 7.19. The lowest BCUT2D eigenvalue weighted by atomic mass is 9.99. The standard InChI is InChI=1S/C13H22N2/c1-10-5-6-12(9-11(10)2)13(15-4)7-8-14-3/h5-6,9,13-15H,7-8H2,1-4H3. The van der Waals surface area contributed by atoms with Crippen LogP contribution in [0.1, 0.15) is 29.2 Å². The fourth-order valence-electron chi connectivity index (χ4n) is 1.75. The minimum Gasteiger partial charge on any atom is -0.320 e. The highest BCUT2D eigenvalue weighted by atomic mass is 14.9. The van der Waals surface area contributed by atoms with E-state index in [4.69, 9.17) is 0 Å². The Kier molecular flexibility index (Phi) is 4.79. The summed E-state index contributed by atoms with van der Waals surface area (Å²) in [6.45, 7) is 5.36. The van der Waals surface area contributed by atoms with Crippen molar-refractivity contribution in [1.82, 2.24) is 10.6 Å². The van der Waals surface area contributed by atoms with Crippen molar-refractivity contribution in [1.29, 1.82) is 0 Å². The van der Waals surface area contributed by atoms with E-state index < -0.39 is 0 Å². The van der Waals surface area contributed by atoms with Crippen LogP contribution in [-0.2, 0) is 0 Å². The van der Waals surface area contributed by atoms with Gasteiger partial charge in [0.25, 0.3) is 0 Å². The quantitative estimate of drug-likeness (QED) is 0.771. The fraction of sp³-hybridized carbons (Fsp3) is 0.538. The Morgan fingerprint density at radius 3 is 2.40 bits per heavy atom. The van der Waals surface area contributed by atoms with E-state index in [0.29, 0.717) is 6.04 Å². The van der Waals surface area contributed by atoms with Crippen molar-refractivity contribution in [2.24, 2.45) is 0 Å². The molecule has 0 amide bonds. The molecule has 1 atom stereocenters. The van der Waals surface area contributed by atoms with Gasteiger partial charge >= 0.3 is 0 Å². The van der Waals surface area contributed by atoms with E-state index in [1.807, 2.05) is 14.1 Å². The first kappa shape index (κ1) is 12.2. The van der Waals surface area contributed by atoms with Gasteiger partial charge in [0.05, 0.1) is 0 Å². The minimum absolute atomic E-state index is 0.455. The number of hydrogen-bond acceptors (Lipinski definition) is 2. The summed E-state index contributed by atoms with van der Waals surface area (Å²) in [5, 5.41) is 6.55. The second-order valence-corrected chi connectivity index (χ2v) is 4.08. The van der Waals surface area contributed by atoms with E-state index in [9.17, 15) is 0 Å². The van der Waals surface area contributed by atoms with Crippen LogP contribution >= 0.6 is 0 Å². The van der Waals surface area contributed by atoms with E-state index in [-0.39, 0.29) is 0 Å². The van der Waals surface area contributed by atoms with Crippen LogP contribution in [0, 0.1) is 13.8 Å². The molecule has 1 rings (SSSR count). The van der Waals surface area contributed by atoms with Crippen molar-refractivity contribution >= 4 is 0 Å². The normalized spacial score (nSPS) is 12.8. The molecule has 1 unspecified atom stereocenters. The van der Waals surface area contributed by atoms with Gasteiger partial charge in [0.2, 0.25) is 0 Å². The summed E-state index contributed by atoms with van der Waals surface area (Å²) in [5.41, 5.74) is 4.12. The number of nitrogens with one attached hydrogen (secondary N) is 2. The molecule has 2 heteroatoms. The van der Waals surface area contributed by atoms with Crippen molar-refractivity contribution < 1.29 is 0 Å². The molecule has 2 nitrogen and oxygen atoms in total. The Morgan fingerprint density at radius 2 is 1.87 bits per heavy atom. The van der Waals surface area contributed by atoms with Gasteiger partial charge in [0, 0.05) is 6.04 Å². The van der Waals surface area contributed by atoms with Gasteiger partial charge in [-0.3, -0.25) is 0 Å². The average molecular weight is 206 g/mol. The summed E-state index contributed by atoms with van der Waals surface area (Å²) >= 11 is 0. The lowest BCUT2D eigenvalue weighted by molar-refractivity contribution is 0.533. The number of benzene rings is 1. The van der Waals surface area contributed by atoms with E-state index in [0.717, 1.165) is 13.0 Å². The topological polar surface area (TPSA) is 24.1 Å².